The molecule has 5 nitrogen and oxygen atoms in total. The molecule has 0 radical (unpaired) electrons. The molecule has 1 heterocycles. The fourth-order valence-corrected chi connectivity index (χ4v) is 4.81. The highest BCUT2D eigenvalue weighted by Gasteiger charge is 2.51. The molecule has 1 fully saturated rings. The summed E-state index contributed by atoms with van der Waals surface area (Å²) < 4.78 is 6.59. The van der Waals surface area contributed by atoms with Crippen LogP contribution in [-0.4, -0.2) is 28.4 Å². The Morgan fingerprint density at radius 1 is 0.812 bits per heavy atom. The summed E-state index contributed by atoms with van der Waals surface area (Å²) in [5.74, 6) is 1.25. The zero-order valence-electron chi connectivity index (χ0n) is 17.8. The van der Waals surface area contributed by atoms with Gasteiger partial charge in [-0.3, -0.25) is 4.99 Å². The van der Waals surface area contributed by atoms with Gasteiger partial charge in [-0.25, -0.2) is 4.99 Å². The summed E-state index contributed by atoms with van der Waals surface area (Å²) in [5, 5.41) is 20.4. The van der Waals surface area contributed by atoms with E-state index in [0.717, 1.165) is 37.0 Å². The number of phenols is 2. The summed E-state index contributed by atoms with van der Waals surface area (Å²) >= 11 is 0. The number of aliphatic imine (C=N–C) groups is 2. The first-order valence-electron chi connectivity index (χ1n) is 11.1. The summed E-state index contributed by atoms with van der Waals surface area (Å²) in [4.78, 5) is 9.93. The number of rotatable bonds is 4. The third-order valence-electron chi connectivity index (χ3n) is 6.45. The van der Waals surface area contributed by atoms with Gasteiger partial charge in [-0.1, -0.05) is 48.9 Å². The van der Waals surface area contributed by atoms with Crippen LogP contribution in [0.4, 0.5) is 0 Å². The quantitative estimate of drug-likeness (QED) is 0.529. The van der Waals surface area contributed by atoms with E-state index in [1.807, 2.05) is 42.5 Å². The van der Waals surface area contributed by atoms with E-state index in [9.17, 15) is 10.2 Å². The van der Waals surface area contributed by atoms with Crippen LogP contribution >= 0.6 is 0 Å². The molecule has 1 aliphatic carbocycles. The minimum absolute atomic E-state index is 0.0513. The summed E-state index contributed by atoms with van der Waals surface area (Å²) in [6.45, 7) is 0. The first kappa shape index (κ1) is 20.3. The Hall–Kier alpha value is -3.60. The summed E-state index contributed by atoms with van der Waals surface area (Å²) in [6.07, 6.45) is 7.33. The van der Waals surface area contributed by atoms with Crippen molar-refractivity contribution in [2.45, 2.75) is 37.5 Å². The maximum absolute atomic E-state index is 10.2. The van der Waals surface area contributed by atoms with E-state index in [1.165, 1.54) is 0 Å². The Kier molecular flexibility index (Phi) is 5.39. The molecule has 5 heteroatoms. The smallest absolute Gasteiger partial charge is 0.205 e. The van der Waals surface area contributed by atoms with Crippen molar-refractivity contribution < 1.29 is 14.9 Å². The standard InChI is InChI=1S/C27H26N2O3/c30-23-13-4-1-9-19(23)17-28-26-21-11-3-6-15-25(21)32-27(16-8-7-12-22(26)27)29-18-20-10-2-5-14-24(20)31/h1-6,9-11,13-15,17-18,22,26,30-31H,7-8,12,16H2/t22-,26-,27-/m1/s1. The molecule has 3 aromatic carbocycles. The first-order valence-corrected chi connectivity index (χ1v) is 11.1. The lowest BCUT2D eigenvalue weighted by Gasteiger charge is -2.47. The van der Waals surface area contributed by atoms with E-state index in [-0.39, 0.29) is 23.5 Å². The molecule has 0 unspecified atom stereocenters. The molecule has 162 valence electrons. The Morgan fingerprint density at radius 3 is 2.22 bits per heavy atom. The van der Waals surface area contributed by atoms with E-state index in [0.29, 0.717) is 11.1 Å². The molecule has 3 atom stereocenters. The van der Waals surface area contributed by atoms with Gasteiger partial charge in [0.15, 0.2) is 0 Å². The molecular weight excluding hydrogens is 400 g/mol. The van der Waals surface area contributed by atoms with Crippen LogP contribution in [-0.2, 0) is 0 Å². The van der Waals surface area contributed by atoms with Gasteiger partial charge in [-0.2, -0.15) is 0 Å². The van der Waals surface area contributed by atoms with Crippen LogP contribution in [0.2, 0.25) is 0 Å². The zero-order valence-corrected chi connectivity index (χ0v) is 17.8. The second-order valence-corrected chi connectivity index (χ2v) is 8.44. The minimum Gasteiger partial charge on any atom is -0.507 e. The number of ether oxygens (including phenoxy) is 1. The van der Waals surface area contributed by atoms with E-state index in [1.54, 1.807) is 36.7 Å². The van der Waals surface area contributed by atoms with Gasteiger partial charge in [0, 0.05) is 41.5 Å². The number of phenolic OH excluding ortho intramolecular Hbond substituents is 2. The van der Waals surface area contributed by atoms with E-state index in [4.69, 9.17) is 14.7 Å². The fraction of sp³-hybridized carbons (Fsp3) is 0.259. The van der Waals surface area contributed by atoms with Gasteiger partial charge in [-0.15, -0.1) is 0 Å². The van der Waals surface area contributed by atoms with Crippen molar-refractivity contribution >= 4 is 12.4 Å². The van der Waals surface area contributed by atoms with Crippen LogP contribution in [0, 0.1) is 5.92 Å². The average molecular weight is 427 g/mol. The molecule has 0 spiro atoms. The van der Waals surface area contributed by atoms with Gasteiger partial charge in [0.25, 0.3) is 0 Å². The average Bonchev–Trinajstić information content (AvgIpc) is 2.82. The second kappa shape index (κ2) is 8.50. The van der Waals surface area contributed by atoms with Crippen LogP contribution < -0.4 is 4.74 Å². The molecular formula is C27H26N2O3. The molecule has 2 aliphatic rings. The highest BCUT2D eigenvalue weighted by atomic mass is 16.5. The van der Waals surface area contributed by atoms with Gasteiger partial charge in [-0.05, 0) is 43.2 Å². The van der Waals surface area contributed by atoms with Crippen molar-refractivity contribution in [1.82, 2.24) is 0 Å². The third-order valence-corrected chi connectivity index (χ3v) is 6.45. The van der Waals surface area contributed by atoms with Gasteiger partial charge >= 0.3 is 0 Å². The van der Waals surface area contributed by atoms with Crippen LogP contribution in [0.1, 0.15) is 48.4 Å². The number of fused-ring (bicyclic) bond motifs is 2. The molecule has 0 bridgehead atoms. The van der Waals surface area contributed by atoms with E-state index in [2.05, 4.69) is 6.07 Å². The molecule has 0 saturated heterocycles. The largest absolute Gasteiger partial charge is 0.507 e. The Bertz CT molecular complexity index is 1170. The van der Waals surface area contributed by atoms with Crippen LogP contribution in [0.3, 0.4) is 0 Å². The van der Waals surface area contributed by atoms with Crippen molar-refractivity contribution in [3.63, 3.8) is 0 Å². The number of hydrogen-bond acceptors (Lipinski definition) is 5. The summed E-state index contributed by atoms with van der Waals surface area (Å²) in [6, 6.07) is 22.3. The van der Waals surface area contributed by atoms with Crippen molar-refractivity contribution in [2.24, 2.45) is 15.9 Å². The second-order valence-electron chi connectivity index (χ2n) is 8.44. The molecule has 3 aromatic rings. The van der Waals surface area contributed by atoms with Crippen LogP contribution in [0.5, 0.6) is 17.2 Å². The molecule has 5 rings (SSSR count). The molecule has 0 amide bonds. The highest BCUT2D eigenvalue weighted by molar-refractivity contribution is 5.84. The third kappa shape index (κ3) is 3.75. The fourth-order valence-electron chi connectivity index (χ4n) is 4.81. The van der Waals surface area contributed by atoms with Crippen molar-refractivity contribution in [1.29, 1.82) is 0 Å². The lowest BCUT2D eigenvalue weighted by atomic mass is 9.73. The summed E-state index contributed by atoms with van der Waals surface area (Å²) in [5.41, 5.74) is 1.66. The van der Waals surface area contributed by atoms with Crippen molar-refractivity contribution in [3.8, 4) is 17.2 Å². The number of benzene rings is 3. The van der Waals surface area contributed by atoms with E-state index < -0.39 is 5.72 Å². The van der Waals surface area contributed by atoms with E-state index >= 15 is 0 Å². The van der Waals surface area contributed by atoms with Crippen molar-refractivity contribution in [2.75, 3.05) is 0 Å². The predicted molar refractivity (Wildman–Crippen MR) is 126 cm³/mol. The molecule has 0 aromatic heterocycles. The van der Waals surface area contributed by atoms with Crippen molar-refractivity contribution in [3.05, 3.63) is 89.5 Å². The number of para-hydroxylation sites is 3. The van der Waals surface area contributed by atoms with Gasteiger partial charge < -0.3 is 14.9 Å². The van der Waals surface area contributed by atoms with Gasteiger partial charge in [0.2, 0.25) is 5.72 Å². The SMILES string of the molecule is Oc1ccccc1C=N[C@@H]1c2ccccc2O[C@]2(N=Cc3ccccc3O)CCCC[C@H]12. The Balaban J connectivity index is 1.57. The normalized spacial score (nSPS) is 24.8. The maximum Gasteiger partial charge on any atom is 0.205 e. The van der Waals surface area contributed by atoms with Gasteiger partial charge in [0.1, 0.15) is 17.2 Å². The molecule has 1 saturated carbocycles. The van der Waals surface area contributed by atoms with Gasteiger partial charge in [0.05, 0.1) is 6.04 Å². The lowest BCUT2D eigenvalue weighted by molar-refractivity contribution is -0.0426. The van der Waals surface area contributed by atoms with Crippen LogP contribution in [0.25, 0.3) is 0 Å². The highest BCUT2D eigenvalue weighted by Crippen LogP contribution is 2.52. The summed E-state index contributed by atoms with van der Waals surface area (Å²) in [7, 11) is 0. The zero-order chi connectivity index (χ0) is 22.0. The predicted octanol–water partition coefficient (Wildman–Crippen LogP) is 5.66. The lowest BCUT2D eigenvalue weighted by Crippen LogP contribution is -2.49. The minimum atomic E-state index is -0.740. The maximum atomic E-state index is 10.2. The molecule has 1 aliphatic heterocycles. The number of nitrogens with zero attached hydrogens (tertiary/aromatic N) is 2. The molecule has 2 N–H and O–H groups in total. The first-order chi connectivity index (χ1) is 15.7. The number of hydrogen-bond donors (Lipinski definition) is 2. The topological polar surface area (TPSA) is 74.4 Å². The molecule has 32 heavy (non-hydrogen) atoms. The monoisotopic (exact) mass is 426 g/mol. The number of aromatic hydroxyl groups is 2. The van der Waals surface area contributed by atoms with Crippen LogP contribution in [0.15, 0.2) is 82.8 Å². The Morgan fingerprint density at radius 2 is 1.47 bits per heavy atom. The Labute approximate surface area is 187 Å².